The highest BCUT2D eigenvalue weighted by atomic mass is 35.5. The first kappa shape index (κ1) is 12.7. The van der Waals surface area contributed by atoms with Gasteiger partial charge in [0.25, 0.3) is 0 Å². The number of hydrogen-bond donors (Lipinski definition) is 1. The van der Waals surface area contributed by atoms with Crippen molar-refractivity contribution in [3.63, 3.8) is 0 Å². The number of hydrogen-bond acceptors (Lipinski definition) is 3. The van der Waals surface area contributed by atoms with Crippen molar-refractivity contribution >= 4 is 17.6 Å². The van der Waals surface area contributed by atoms with Gasteiger partial charge in [0.1, 0.15) is 5.76 Å². The molecule has 18 heavy (non-hydrogen) atoms. The Balaban J connectivity index is 2.34. The van der Waals surface area contributed by atoms with E-state index in [0.29, 0.717) is 17.3 Å². The second-order valence-electron chi connectivity index (χ2n) is 4.14. The largest absolute Gasteiger partial charge is 0.475 e. The highest BCUT2D eigenvalue weighted by Gasteiger charge is 2.15. The van der Waals surface area contributed by atoms with Gasteiger partial charge < -0.3 is 9.52 Å². The van der Waals surface area contributed by atoms with E-state index in [2.05, 4.69) is 5.10 Å². The predicted molar refractivity (Wildman–Crippen MR) is 66.2 cm³/mol. The van der Waals surface area contributed by atoms with E-state index in [1.807, 2.05) is 13.8 Å². The number of furan rings is 1. The van der Waals surface area contributed by atoms with Crippen LogP contribution in [0.2, 0.25) is 5.02 Å². The van der Waals surface area contributed by atoms with Gasteiger partial charge in [-0.15, -0.1) is 0 Å². The van der Waals surface area contributed by atoms with E-state index < -0.39 is 5.97 Å². The summed E-state index contributed by atoms with van der Waals surface area (Å²) in [5.41, 5.74) is 2.40. The van der Waals surface area contributed by atoms with E-state index in [1.165, 1.54) is 6.07 Å². The summed E-state index contributed by atoms with van der Waals surface area (Å²) in [7, 11) is 0. The number of halogens is 1. The van der Waals surface area contributed by atoms with Gasteiger partial charge in [-0.05, 0) is 26.8 Å². The summed E-state index contributed by atoms with van der Waals surface area (Å²) < 4.78 is 6.89. The second kappa shape index (κ2) is 4.49. The molecule has 0 radical (unpaired) electrons. The van der Waals surface area contributed by atoms with Gasteiger partial charge in [0.2, 0.25) is 5.76 Å². The van der Waals surface area contributed by atoms with Gasteiger partial charge in [0, 0.05) is 5.56 Å². The quantitative estimate of drug-likeness (QED) is 0.929. The van der Waals surface area contributed by atoms with Gasteiger partial charge in [-0.2, -0.15) is 5.10 Å². The van der Waals surface area contributed by atoms with Crippen molar-refractivity contribution in [1.82, 2.24) is 9.78 Å². The molecule has 0 atom stereocenters. The molecule has 2 rings (SSSR count). The van der Waals surface area contributed by atoms with Crippen LogP contribution in [0.25, 0.3) is 0 Å². The number of aromatic nitrogens is 2. The summed E-state index contributed by atoms with van der Waals surface area (Å²) in [6.45, 7) is 5.88. The van der Waals surface area contributed by atoms with Gasteiger partial charge in [-0.3, -0.25) is 4.68 Å². The molecule has 2 aromatic rings. The van der Waals surface area contributed by atoms with Crippen LogP contribution in [-0.4, -0.2) is 20.9 Å². The third-order valence-electron chi connectivity index (χ3n) is 2.84. The molecule has 0 fully saturated rings. The van der Waals surface area contributed by atoms with Crippen molar-refractivity contribution in [1.29, 1.82) is 0 Å². The minimum atomic E-state index is -1.07. The summed E-state index contributed by atoms with van der Waals surface area (Å²) in [6, 6.07) is 1.52. The third-order valence-corrected chi connectivity index (χ3v) is 3.39. The van der Waals surface area contributed by atoms with Crippen LogP contribution in [0, 0.1) is 20.8 Å². The van der Waals surface area contributed by atoms with Crippen LogP contribution in [0.5, 0.6) is 0 Å². The fourth-order valence-corrected chi connectivity index (χ4v) is 1.91. The first-order chi connectivity index (χ1) is 8.40. The fourth-order valence-electron chi connectivity index (χ4n) is 1.77. The molecule has 1 N–H and O–H groups in total. The molecule has 0 amide bonds. The molecule has 0 spiro atoms. The second-order valence-corrected chi connectivity index (χ2v) is 4.52. The first-order valence-corrected chi connectivity index (χ1v) is 5.80. The van der Waals surface area contributed by atoms with E-state index in [1.54, 1.807) is 11.6 Å². The first-order valence-electron chi connectivity index (χ1n) is 5.42. The average molecular weight is 269 g/mol. The predicted octanol–water partition coefficient (Wildman–Crippen LogP) is 2.80. The Labute approximate surface area is 109 Å². The van der Waals surface area contributed by atoms with Crippen LogP contribution < -0.4 is 0 Å². The van der Waals surface area contributed by atoms with Crippen molar-refractivity contribution in [2.75, 3.05) is 0 Å². The van der Waals surface area contributed by atoms with E-state index in [9.17, 15) is 4.79 Å². The lowest BCUT2D eigenvalue weighted by atomic mass is 10.2. The number of aromatic carboxylic acids is 1. The minimum Gasteiger partial charge on any atom is -0.475 e. The molecule has 0 aliphatic carbocycles. The van der Waals surface area contributed by atoms with Crippen LogP contribution in [0.15, 0.2) is 10.5 Å². The molecule has 2 aromatic heterocycles. The highest BCUT2D eigenvalue weighted by Crippen LogP contribution is 2.22. The SMILES string of the molecule is Cc1nn(Cc2cc(C(=O)O)oc2C)c(C)c1Cl. The number of nitrogens with zero attached hydrogens (tertiary/aromatic N) is 2. The Bertz CT molecular complexity index is 613. The van der Waals surface area contributed by atoms with Gasteiger partial charge in [-0.25, -0.2) is 4.79 Å². The van der Waals surface area contributed by atoms with Crippen LogP contribution in [0.1, 0.15) is 33.3 Å². The van der Waals surface area contributed by atoms with Crippen LogP contribution >= 0.6 is 11.6 Å². The van der Waals surface area contributed by atoms with E-state index >= 15 is 0 Å². The van der Waals surface area contributed by atoms with Gasteiger partial charge in [-0.1, -0.05) is 11.6 Å². The zero-order valence-corrected chi connectivity index (χ0v) is 11.1. The Kier molecular flexibility index (Phi) is 3.17. The number of carboxylic acids is 1. The molecule has 2 heterocycles. The van der Waals surface area contributed by atoms with Gasteiger partial charge >= 0.3 is 5.97 Å². The van der Waals surface area contributed by atoms with Gasteiger partial charge in [0.15, 0.2) is 0 Å². The monoisotopic (exact) mass is 268 g/mol. The number of carboxylic acid groups (broad SMARTS) is 1. The zero-order chi connectivity index (χ0) is 13.4. The number of carbonyl (C=O) groups is 1. The normalized spacial score (nSPS) is 10.9. The minimum absolute atomic E-state index is 0.0601. The molecule has 0 aliphatic rings. The fraction of sp³-hybridized carbons (Fsp3) is 0.333. The van der Waals surface area contributed by atoms with Crippen molar-refractivity contribution in [2.24, 2.45) is 0 Å². The molecule has 0 aliphatic heterocycles. The molecule has 0 saturated carbocycles. The zero-order valence-electron chi connectivity index (χ0n) is 10.3. The molecule has 0 saturated heterocycles. The molecule has 0 bridgehead atoms. The van der Waals surface area contributed by atoms with Crippen molar-refractivity contribution < 1.29 is 14.3 Å². The van der Waals surface area contributed by atoms with Crippen LogP contribution in [-0.2, 0) is 6.54 Å². The summed E-state index contributed by atoms with van der Waals surface area (Å²) >= 11 is 6.06. The lowest BCUT2D eigenvalue weighted by Gasteiger charge is -2.02. The topological polar surface area (TPSA) is 68.3 Å². The average Bonchev–Trinajstić information content (AvgIpc) is 2.77. The molecular weight excluding hydrogens is 256 g/mol. The standard InChI is InChI=1S/C12H13ClN2O3/c1-6-11(13)7(2)15(14-6)5-9-4-10(12(16)17)18-8(9)3/h4H,5H2,1-3H3,(H,16,17). The Morgan fingerprint density at radius 2 is 2.17 bits per heavy atom. The number of rotatable bonds is 3. The number of aryl methyl sites for hydroxylation is 2. The molecule has 0 unspecified atom stereocenters. The third kappa shape index (κ3) is 2.13. The Hall–Kier alpha value is -1.75. The molecule has 6 heteroatoms. The van der Waals surface area contributed by atoms with Crippen molar-refractivity contribution in [3.8, 4) is 0 Å². The van der Waals surface area contributed by atoms with Crippen molar-refractivity contribution in [2.45, 2.75) is 27.3 Å². The summed E-state index contributed by atoms with van der Waals surface area (Å²) in [6.07, 6.45) is 0. The van der Waals surface area contributed by atoms with Crippen molar-refractivity contribution in [3.05, 3.63) is 39.6 Å². The summed E-state index contributed by atoms with van der Waals surface area (Å²) in [5.74, 6) is -0.554. The highest BCUT2D eigenvalue weighted by molar-refractivity contribution is 6.31. The Morgan fingerprint density at radius 1 is 1.50 bits per heavy atom. The molecule has 96 valence electrons. The maximum Gasteiger partial charge on any atom is 0.371 e. The van der Waals surface area contributed by atoms with Crippen LogP contribution in [0.4, 0.5) is 0 Å². The van der Waals surface area contributed by atoms with E-state index in [4.69, 9.17) is 21.1 Å². The Morgan fingerprint density at radius 3 is 2.61 bits per heavy atom. The lowest BCUT2D eigenvalue weighted by Crippen LogP contribution is -2.04. The van der Waals surface area contributed by atoms with Gasteiger partial charge in [0.05, 0.1) is 23.0 Å². The molecular formula is C12H13ClN2O3. The molecule has 0 aromatic carbocycles. The smallest absolute Gasteiger partial charge is 0.371 e. The van der Waals surface area contributed by atoms with E-state index in [-0.39, 0.29) is 5.76 Å². The lowest BCUT2D eigenvalue weighted by molar-refractivity contribution is 0.0661. The summed E-state index contributed by atoms with van der Waals surface area (Å²) in [4.78, 5) is 10.8. The van der Waals surface area contributed by atoms with E-state index in [0.717, 1.165) is 17.0 Å². The van der Waals surface area contributed by atoms with Crippen LogP contribution in [0.3, 0.4) is 0 Å². The molecule has 5 nitrogen and oxygen atoms in total. The maximum absolute atomic E-state index is 10.8. The summed E-state index contributed by atoms with van der Waals surface area (Å²) in [5, 5.41) is 13.8. The maximum atomic E-state index is 10.8.